The molecule has 0 saturated carbocycles. The standard InChI is InChI=1S/C28H37F3N8O/c1-17-8-9-20(12-25(17)39(33)16-24(32)22-15-34-38(7)19(22)3)27(40)35-21-13-23(28(29,30)31)18(2)26(14-21)37(6)11-10-36(4)5/h8-9,12-16H,10-11,32-33H2,1-7H3,(H,35,40)/b24-16-. The maximum absolute atomic E-state index is 13.9. The molecule has 5 N–H and O–H groups in total. The first-order valence-electron chi connectivity index (χ1n) is 12.6. The lowest BCUT2D eigenvalue weighted by Crippen LogP contribution is -2.29. The normalized spacial score (nSPS) is 12.2. The summed E-state index contributed by atoms with van der Waals surface area (Å²) in [6.45, 7) is 6.28. The number of nitrogens with zero attached hydrogens (tertiary/aromatic N) is 5. The van der Waals surface area contributed by atoms with Crippen LogP contribution in [0.25, 0.3) is 5.70 Å². The molecule has 1 aromatic heterocycles. The second-order valence-corrected chi connectivity index (χ2v) is 10.1. The van der Waals surface area contributed by atoms with Gasteiger partial charge in [0, 0.05) is 61.6 Å². The average Bonchev–Trinajstić information content (AvgIpc) is 3.20. The van der Waals surface area contributed by atoms with Gasteiger partial charge in [-0.1, -0.05) is 6.07 Å². The van der Waals surface area contributed by atoms with Crippen LogP contribution in [0.1, 0.15) is 38.3 Å². The van der Waals surface area contributed by atoms with Crippen molar-refractivity contribution in [3.63, 3.8) is 0 Å². The summed E-state index contributed by atoms with van der Waals surface area (Å²) < 4.78 is 43.4. The molecule has 2 aromatic carbocycles. The van der Waals surface area contributed by atoms with Gasteiger partial charge >= 0.3 is 6.18 Å². The van der Waals surface area contributed by atoms with Crippen molar-refractivity contribution in [2.45, 2.75) is 26.9 Å². The number of aromatic nitrogens is 2. The van der Waals surface area contributed by atoms with Crippen molar-refractivity contribution in [3.05, 3.63) is 76.2 Å². The molecule has 0 aliphatic heterocycles. The van der Waals surface area contributed by atoms with Gasteiger partial charge in [0.25, 0.3) is 5.91 Å². The first-order chi connectivity index (χ1) is 18.6. The number of halogens is 3. The molecule has 0 unspecified atom stereocenters. The van der Waals surface area contributed by atoms with Gasteiger partial charge in [-0.3, -0.25) is 14.5 Å². The highest BCUT2D eigenvalue weighted by molar-refractivity contribution is 6.05. The van der Waals surface area contributed by atoms with Crippen molar-refractivity contribution in [3.8, 4) is 0 Å². The van der Waals surface area contributed by atoms with E-state index < -0.39 is 17.6 Å². The van der Waals surface area contributed by atoms with E-state index in [-0.39, 0.29) is 16.8 Å². The highest BCUT2D eigenvalue weighted by Crippen LogP contribution is 2.38. The summed E-state index contributed by atoms with van der Waals surface area (Å²) in [6, 6.07) is 7.37. The molecule has 0 fully saturated rings. The number of rotatable bonds is 9. The third-order valence-corrected chi connectivity index (χ3v) is 6.81. The molecular weight excluding hydrogens is 521 g/mol. The Labute approximate surface area is 232 Å². The van der Waals surface area contributed by atoms with Gasteiger partial charge in [0.05, 0.1) is 23.1 Å². The number of likely N-dealkylation sites (N-methyl/N-ethyl adjacent to an activating group) is 2. The first-order valence-corrected chi connectivity index (χ1v) is 12.6. The number of nitrogens with two attached hydrogens (primary N) is 2. The fourth-order valence-corrected chi connectivity index (χ4v) is 4.24. The summed E-state index contributed by atoms with van der Waals surface area (Å²) in [6.07, 6.45) is -1.42. The van der Waals surface area contributed by atoms with Gasteiger partial charge in [-0.05, 0) is 70.3 Å². The molecule has 9 nitrogen and oxygen atoms in total. The smallest absolute Gasteiger partial charge is 0.397 e. The molecule has 3 aromatic rings. The fourth-order valence-electron chi connectivity index (χ4n) is 4.24. The number of carbonyl (C=O) groups is 1. The van der Waals surface area contributed by atoms with Crippen LogP contribution in [0.15, 0.2) is 42.7 Å². The lowest BCUT2D eigenvalue weighted by Gasteiger charge is -2.26. The van der Waals surface area contributed by atoms with Crippen molar-refractivity contribution >= 4 is 28.7 Å². The molecule has 216 valence electrons. The maximum Gasteiger partial charge on any atom is 0.416 e. The van der Waals surface area contributed by atoms with Crippen LogP contribution < -0.4 is 26.8 Å². The number of benzene rings is 2. The SMILES string of the molecule is Cc1ccc(C(=O)Nc2cc(N(C)CCN(C)C)c(C)c(C(F)(F)F)c2)cc1N(N)/C=C(\N)c1cnn(C)c1C. The zero-order chi connectivity index (χ0) is 29.9. The number of aryl methyl sites for hydroxylation is 2. The number of amides is 1. The Hall–Kier alpha value is -4.03. The van der Waals surface area contributed by atoms with E-state index in [1.807, 2.05) is 32.8 Å². The molecule has 3 rings (SSSR count). The van der Waals surface area contributed by atoms with E-state index in [1.165, 1.54) is 18.1 Å². The number of hydrogen-bond donors (Lipinski definition) is 3. The molecule has 0 atom stereocenters. The van der Waals surface area contributed by atoms with Gasteiger partial charge in [0.1, 0.15) is 0 Å². The summed E-state index contributed by atoms with van der Waals surface area (Å²) in [4.78, 5) is 16.9. The van der Waals surface area contributed by atoms with Gasteiger partial charge in [0.2, 0.25) is 0 Å². The number of hydrogen-bond acceptors (Lipinski definition) is 7. The summed E-state index contributed by atoms with van der Waals surface area (Å²) in [5, 5.41) is 8.12. The minimum atomic E-state index is -4.59. The molecule has 0 aliphatic carbocycles. The Kier molecular flexibility index (Phi) is 9.16. The van der Waals surface area contributed by atoms with E-state index in [2.05, 4.69) is 10.4 Å². The molecule has 1 amide bonds. The highest BCUT2D eigenvalue weighted by atomic mass is 19.4. The van der Waals surface area contributed by atoms with Crippen LogP contribution in [0.3, 0.4) is 0 Å². The minimum absolute atomic E-state index is 0.0394. The molecule has 0 bridgehead atoms. The van der Waals surface area contributed by atoms with Crippen LogP contribution in [-0.2, 0) is 13.2 Å². The van der Waals surface area contributed by atoms with E-state index in [1.54, 1.807) is 54.1 Å². The molecule has 0 aliphatic rings. The van der Waals surface area contributed by atoms with Crippen LogP contribution in [0.4, 0.5) is 30.2 Å². The lowest BCUT2D eigenvalue weighted by atomic mass is 10.0. The summed E-state index contributed by atoms with van der Waals surface area (Å²) in [7, 11) is 7.31. The Balaban J connectivity index is 1.92. The molecule has 0 saturated heterocycles. The summed E-state index contributed by atoms with van der Waals surface area (Å²) >= 11 is 0. The van der Waals surface area contributed by atoms with Crippen LogP contribution in [0, 0.1) is 20.8 Å². The van der Waals surface area contributed by atoms with Gasteiger partial charge in [-0.15, -0.1) is 0 Å². The second-order valence-electron chi connectivity index (χ2n) is 10.1. The predicted octanol–water partition coefficient (Wildman–Crippen LogP) is 4.25. The van der Waals surface area contributed by atoms with Gasteiger partial charge in [-0.2, -0.15) is 18.3 Å². The predicted molar refractivity (Wildman–Crippen MR) is 154 cm³/mol. The zero-order valence-electron chi connectivity index (χ0n) is 23.9. The molecule has 40 heavy (non-hydrogen) atoms. The third-order valence-electron chi connectivity index (χ3n) is 6.81. The molecule has 12 heteroatoms. The number of nitrogens with one attached hydrogen (secondary N) is 1. The Morgan fingerprint density at radius 1 is 1.07 bits per heavy atom. The maximum atomic E-state index is 13.9. The average molecular weight is 559 g/mol. The monoisotopic (exact) mass is 558 g/mol. The van der Waals surface area contributed by atoms with E-state index in [0.717, 1.165) is 22.9 Å². The quantitative estimate of drug-likeness (QED) is 0.266. The summed E-state index contributed by atoms with van der Waals surface area (Å²) in [5.41, 5.74) is 9.40. The largest absolute Gasteiger partial charge is 0.416 e. The van der Waals surface area contributed by atoms with Gasteiger partial charge < -0.3 is 20.9 Å². The van der Waals surface area contributed by atoms with Gasteiger partial charge in [-0.25, -0.2) is 5.84 Å². The summed E-state index contributed by atoms with van der Waals surface area (Å²) in [5.74, 6) is 5.71. The lowest BCUT2D eigenvalue weighted by molar-refractivity contribution is -0.138. The van der Waals surface area contributed by atoms with Crippen molar-refractivity contribution in [1.29, 1.82) is 0 Å². The third kappa shape index (κ3) is 6.93. The van der Waals surface area contributed by atoms with Crippen LogP contribution in [-0.4, -0.2) is 54.8 Å². The van der Waals surface area contributed by atoms with E-state index in [9.17, 15) is 18.0 Å². The van der Waals surface area contributed by atoms with Crippen LogP contribution >= 0.6 is 0 Å². The topological polar surface area (TPSA) is 109 Å². The fraction of sp³-hybridized carbons (Fsp3) is 0.357. The van der Waals surface area contributed by atoms with Crippen molar-refractivity contribution < 1.29 is 18.0 Å². The number of hydrazine groups is 1. The van der Waals surface area contributed by atoms with Crippen molar-refractivity contribution in [2.24, 2.45) is 18.6 Å². The van der Waals surface area contributed by atoms with Crippen LogP contribution in [0.2, 0.25) is 0 Å². The van der Waals surface area contributed by atoms with E-state index >= 15 is 0 Å². The second kappa shape index (κ2) is 12.0. The van der Waals surface area contributed by atoms with Crippen LogP contribution in [0.5, 0.6) is 0 Å². The minimum Gasteiger partial charge on any atom is -0.397 e. The Morgan fingerprint density at radius 3 is 2.33 bits per heavy atom. The number of carbonyl (C=O) groups excluding carboxylic acids is 1. The number of alkyl halides is 3. The number of anilines is 3. The molecule has 1 heterocycles. The zero-order valence-corrected chi connectivity index (χ0v) is 23.9. The highest BCUT2D eigenvalue weighted by Gasteiger charge is 2.34. The molecule has 0 spiro atoms. The first kappa shape index (κ1) is 30.5. The Bertz CT molecular complexity index is 1410. The van der Waals surface area contributed by atoms with E-state index in [0.29, 0.717) is 30.2 Å². The van der Waals surface area contributed by atoms with E-state index in [4.69, 9.17) is 11.6 Å². The Morgan fingerprint density at radius 2 is 1.75 bits per heavy atom. The van der Waals surface area contributed by atoms with Gasteiger partial charge in [0.15, 0.2) is 0 Å². The molecule has 0 radical (unpaired) electrons. The van der Waals surface area contributed by atoms with Crippen molar-refractivity contribution in [1.82, 2.24) is 14.7 Å². The molecular formula is C28H37F3N8O. The van der Waals surface area contributed by atoms with Crippen molar-refractivity contribution in [2.75, 3.05) is 49.5 Å².